The molecule has 2 aromatic rings. The van der Waals surface area contributed by atoms with Gasteiger partial charge in [0.25, 0.3) is 5.91 Å². The quantitative estimate of drug-likeness (QED) is 0.901. The van der Waals surface area contributed by atoms with Gasteiger partial charge in [-0.1, -0.05) is 0 Å². The highest BCUT2D eigenvalue weighted by Gasteiger charge is 2.18. The van der Waals surface area contributed by atoms with Gasteiger partial charge in [-0.2, -0.15) is 0 Å². The van der Waals surface area contributed by atoms with Crippen molar-refractivity contribution in [2.24, 2.45) is 0 Å². The summed E-state index contributed by atoms with van der Waals surface area (Å²) in [4.78, 5) is 26.0. The van der Waals surface area contributed by atoms with E-state index in [9.17, 15) is 4.79 Å². The molecule has 2 aromatic heterocycles. The first-order chi connectivity index (χ1) is 9.76. The standard InChI is InChI=1S/C13H15N5OS/c1-2-14-11-7-15-9(6-16-11)12(19)18-13-17-8-4-3-5-10(8)20-13/h6-7H,2-5H2,1H3,(H,14,16)(H,17,18,19). The van der Waals surface area contributed by atoms with E-state index in [1.54, 1.807) is 17.5 Å². The van der Waals surface area contributed by atoms with Gasteiger partial charge in [-0.25, -0.2) is 15.0 Å². The van der Waals surface area contributed by atoms with Crippen LogP contribution >= 0.6 is 11.3 Å². The van der Waals surface area contributed by atoms with Crippen molar-refractivity contribution in [3.05, 3.63) is 28.7 Å². The number of carbonyl (C=O) groups excluding carboxylic acids is 1. The van der Waals surface area contributed by atoms with Crippen molar-refractivity contribution >= 4 is 28.2 Å². The van der Waals surface area contributed by atoms with E-state index in [2.05, 4.69) is 25.6 Å². The Bertz CT molecular complexity index is 601. The molecule has 0 bridgehead atoms. The van der Waals surface area contributed by atoms with Gasteiger partial charge < -0.3 is 5.32 Å². The molecule has 1 amide bonds. The second-order valence-corrected chi connectivity index (χ2v) is 5.60. The molecule has 1 aliphatic rings. The minimum Gasteiger partial charge on any atom is -0.369 e. The number of thiazole rings is 1. The minimum absolute atomic E-state index is 0.270. The Balaban J connectivity index is 1.68. The Morgan fingerprint density at radius 1 is 1.35 bits per heavy atom. The molecule has 1 aliphatic carbocycles. The Labute approximate surface area is 120 Å². The summed E-state index contributed by atoms with van der Waals surface area (Å²) in [6.45, 7) is 2.74. The van der Waals surface area contributed by atoms with Gasteiger partial charge in [-0.3, -0.25) is 10.1 Å². The number of aryl methyl sites for hydroxylation is 2. The predicted octanol–water partition coefficient (Wildman–Crippen LogP) is 2.11. The van der Waals surface area contributed by atoms with Crippen LogP contribution in [0.2, 0.25) is 0 Å². The number of fused-ring (bicyclic) bond motifs is 1. The van der Waals surface area contributed by atoms with Gasteiger partial charge >= 0.3 is 0 Å². The molecular weight excluding hydrogens is 274 g/mol. The summed E-state index contributed by atoms with van der Waals surface area (Å²) in [5.41, 5.74) is 1.42. The lowest BCUT2D eigenvalue weighted by Gasteiger charge is -2.03. The molecule has 0 saturated heterocycles. The zero-order chi connectivity index (χ0) is 13.9. The number of hydrogen-bond donors (Lipinski definition) is 2. The minimum atomic E-state index is -0.270. The van der Waals surface area contributed by atoms with Gasteiger partial charge in [0.15, 0.2) is 5.13 Å². The number of carbonyl (C=O) groups is 1. The van der Waals surface area contributed by atoms with E-state index in [-0.39, 0.29) is 5.91 Å². The Kier molecular flexibility index (Phi) is 3.60. The zero-order valence-electron chi connectivity index (χ0n) is 11.1. The van der Waals surface area contributed by atoms with E-state index in [1.807, 2.05) is 6.92 Å². The maximum Gasteiger partial charge on any atom is 0.277 e. The molecule has 0 atom stereocenters. The second kappa shape index (κ2) is 5.54. The molecule has 2 N–H and O–H groups in total. The van der Waals surface area contributed by atoms with Crippen LogP contribution in [-0.2, 0) is 12.8 Å². The summed E-state index contributed by atoms with van der Waals surface area (Å²) in [7, 11) is 0. The van der Waals surface area contributed by atoms with Crippen LogP contribution < -0.4 is 10.6 Å². The molecule has 0 unspecified atom stereocenters. The van der Waals surface area contributed by atoms with Gasteiger partial charge in [-0.15, -0.1) is 11.3 Å². The summed E-state index contributed by atoms with van der Waals surface area (Å²) in [6.07, 6.45) is 6.27. The van der Waals surface area contributed by atoms with Crippen molar-refractivity contribution in [2.75, 3.05) is 17.2 Å². The normalized spacial score (nSPS) is 13.1. The first-order valence-electron chi connectivity index (χ1n) is 6.62. The van der Waals surface area contributed by atoms with E-state index < -0.39 is 0 Å². The van der Waals surface area contributed by atoms with Crippen molar-refractivity contribution in [1.29, 1.82) is 0 Å². The lowest BCUT2D eigenvalue weighted by atomic mass is 10.4. The first kappa shape index (κ1) is 13.0. The number of nitrogens with one attached hydrogen (secondary N) is 2. The van der Waals surface area contributed by atoms with Crippen molar-refractivity contribution < 1.29 is 4.79 Å². The van der Waals surface area contributed by atoms with Crippen LogP contribution in [0.15, 0.2) is 12.4 Å². The van der Waals surface area contributed by atoms with Gasteiger partial charge in [0.05, 0.1) is 18.1 Å². The predicted molar refractivity (Wildman–Crippen MR) is 78.3 cm³/mol. The van der Waals surface area contributed by atoms with Gasteiger partial charge in [0, 0.05) is 11.4 Å². The third-order valence-electron chi connectivity index (χ3n) is 3.06. The third-order valence-corrected chi connectivity index (χ3v) is 4.13. The van der Waals surface area contributed by atoms with E-state index >= 15 is 0 Å². The summed E-state index contributed by atoms with van der Waals surface area (Å²) < 4.78 is 0. The number of rotatable bonds is 4. The maximum absolute atomic E-state index is 12.0. The van der Waals surface area contributed by atoms with Gasteiger partial charge in [0.1, 0.15) is 11.5 Å². The van der Waals surface area contributed by atoms with Crippen LogP contribution in [0.5, 0.6) is 0 Å². The highest BCUT2D eigenvalue weighted by molar-refractivity contribution is 7.15. The Morgan fingerprint density at radius 2 is 2.25 bits per heavy atom. The summed E-state index contributed by atoms with van der Waals surface area (Å²) in [6, 6.07) is 0. The average molecular weight is 289 g/mol. The number of nitrogens with zero attached hydrogens (tertiary/aromatic N) is 3. The Morgan fingerprint density at radius 3 is 2.95 bits per heavy atom. The van der Waals surface area contributed by atoms with Crippen LogP contribution in [0.1, 0.15) is 34.4 Å². The van der Waals surface area contributed by atoms with Crippen molar-refractivity contribution in [1.82, 2.24) is 15.0 Å². The molecular formula is C13H15N5OS. The molecule has 0 fully saturated rings. The molecule has 3 rings (SSSR count). The lowest BCUT2D eigenvalue weighted by molar-refractivity contribution is 0.102. The fraction of sp³-hybridized carbons (Fsp3) is 0.385. The molecule has 0 radical (unpaired) electrons. The second-order valence-electron chi connectivity index (χ2n) is 4.51. The van der Waals surface area contributed by atoms with Gasteiger partial charge in [0.2, 0.25) is 0 Å². The summed E-state index contributed by atoms with van der Waals surface area (Å²) in [5, 5.41) is 6.47. The smallest absolute Gasteiger partial charge is 0.277 e. The molecule has 7 heteroatoms. The van der Waals surface area contributed by atoms with E-state index in [0.29, 0.717) is 16.6 Å². The molecule has 6 nitrogen and oxygen atoms in total. The monoisotopic (exact) mass is 289 g/mol. The molecule has 20 heavy (non-hydrogen) atoms. The summed E-state index contributed by atoms with van der Waals surface area (Å²) in [5.74, 6) is 0.394. The third kappa shape index (κ3) is 2.62. The van der Waals surface area contributed by atoms with Gasteiger partial charge in [-0.05, 0) is 26.2 Å². The maximum atomic E-state index is 12.0. The van der Waals surface area contributed by atoms with Crippen molar-refractivity contribution in [3.8, 4) is 0 Å². The van der Waals surface area contributed by atoms with Crippen LogP contribution in [0.3, 0.4) is 0 Å². The highest BCUT2D eigenvalue weighted by Crippen LogP contribution is 2.30. The lowest BCUT2D eigenvalue weighted by Crippen LogP contribution is -2.14. The number of hydrogen-bond acceptors (Lipinski definition) is 6. The largest absolute Gasteiger partial charge is 0.369 e. The van der Waals surface area contributed by atoms with Crippen LogP contribution in [-0.4, -0.2) is 27.4 Å². The fourth-order valence-electron chi connectivity index (χ4n) is 2.12. The Hall–Kier alpha value is -2.02. The fourth-order valence-corrected chi connectivity index (χ4v) is 3.17. The number of aromatic nitrogens is 3. The SMILES string of the molecule is CCNc1cnc(C(=O)Nc2nc3c(s2)CCC3)cn1. The topological polar surface area (TPSA) is 79.8 Å². The van der Waals surface area contributed by atoms with Crippen molar-refractivity contribution in [2.45, 2.75) is 26.2 Å². The molecule has 0 saturated carbocycles. The number of amides is 1. The van der Waals surface area contributed by atoms with E-state index in [4.69, 9.17) is 0 Å². The molecule has 104 valence electrons. The zero-order valence-corrected chi connectivity index (χ0v) is 12.0. The molecule has 2 heterocycles. The van der Waals surface area contributed by atoms with Crippen LogP contribution in [0.25, 0.3) is 0 Å². The van der Waals surface area contributed by atoms with Crippen LogP contribution in [0.4, 0.5) is 10.9 Å². The summed E-state index contributed by atoms with van der Waals surface area (Å²) >= 11 is 1.55. The van der Waals surface area contributed by atoms with Crippen LogP contribution in [0, 0.1) is 0 Å². The molecule has 0 aliphatic heterocycles. The van der Waals surface area contributed by atoms with E-state index in [0.717, 1.165) is 25.1 Å². The highest BCUT2D eigenvalue weighted by atomic mass is 32.1. The number of anilines is 2. The first-order valence-corrected chi connectivity index (χ1v) is 7.43. The average Bonchev–Trinajstić information content (AvgIpc) is 3.01. The molecule has 0 spiro atoms. The molecule has 0 aromatic carbocycles. The van der Waals surface area contributed by atoms with E-state index in [1.165, 1.54) is 17.5 Å². The van der Waals surface area contributed by atoms with Crippen molar-refractivity contribution in [3.63, 3.8) is 0 Å².